The lowest BCUT2D eigenvalue weighted by molar-refractivity contribution is 0.105. The number of nitrogens with zero attached hydrogens (tertiary/aromatic N) is 2. The summed E-state index contributed by atoms with van der Waals surface area (Å²) in [5.41, 5.74) is 2.31. The van der Waals surface area contributed by atoms with Gasteiger partial charge in [0.05, 0.1) is 11.0 Å². The predicted octanol–water partition coefficient (Wildman–Crippen LogP) is 3.32. The topological polar surface area (TPSA) is 17.4 Å². The van der Waals surface area contributed by atoms with E-state index in [1.807, 2.05) is 4.73 Å². The Morgan fingerprint density at radius 3 is 2.05 bits per heavy atom. The molecule has 0 bridgehead atoms. The van der Waals surface area contributed by atoms with Crippen molar-refractivity contribution in [2.75, 3.05) is 26.2 Å². The van der Waals surface area contributed by atoms with E-state index < -0.39 is 0 Å². The van der Waals surface area contributed by atoms with Crippen molar-refractivity contribution < 1.29 is 4.84 Å². The molecular weight excluding hydrogens is 260 g/mol. The van der Waals surface area contributed by atoms with Crippen LogP contribution in [0, 0.1) is 0 Å². The van der Waals surface area contributed by atoms with Gasteiger partial charge >= 0.3 is 0 Å². The molecule has 1 aliphatic rings. The van der Waals surface area contributed by atoms with Gasteiger partial charge in [0.1, 0.15) is 6.61 Å². The Morgan fingerprint density at radius 1 is 0.857 bits per heavy atom. The van der Waals surface area contributed by atoms with E-state index in [4.69, 9.17) is 4.84 Å². The van der Waals surface area contributed by atoms with E-state index in [0.29, 0.717) is 0 Å². The molecule has 3 aromatic rings. The van der Waals surface area contributed by atoms with E-state index in [2.05, 4.69) is 53.4 Å². The molecule has 0 unspecified atom stereocenters. The summed E-state index contributed by atoms with van der Waals surface area (Å²) in [7, 11) is 0. The highest BCUT2D eigenvalue weighted by molar-refractivity contribution is 6.07. The molecule has 0 aliphatic carbocycles. The molecule has 3 nitrogen and oxygen atoms in total. The second kappa shape index (κ2) is 5.41. The lowest BCUT2D eigenvalue weighted by Gasteiger charge is -2.30. The van der Waals surface area contributed by atoms with Crippen LogP contribution in [-0.4, -0.2) is 35.9 Å². The van der Waals surface area contributed by atoms with Crippen LogP contribution in [0.1, 0.15) is 12.8 Å². The Kier molecular flexibility index (Phi) is 3.28. The first-order chi connectivity index (χ1) is 10.4. The van der Waals surface area contributed by atoms with Gasteiger partial charge in [0.2, 0.25) is 0 Å². The Balaban J connectivity index is 1.59. The molecule has 21 heavy (non-hydrogen) atoms. The van der Waals surface area contributed by atoms with Gasteiger partial charge in [-0.05, 0) is 38.1 Å². The first kappa shape index (κ1) is 12.7. The molecular formula is C18H20N2O. The first-order valence-electron chi connectivity index (χ1n) is 7.77. The number of benzene rings is 2. The van der Waals surface area contributed by atoms with E-state index >= 15 is 0 Å². The van der Waals surface area contributed by atoms with Gasteiger partial charge in [-0.1, -0.05) is 36.4 Å². The molecule has 3 heteroatoms. The molecule has 0 spiro atoms. The minimum absolute atomic E-state index is 0.763. The molecule has 1 aromatic heterocycles. The molecule has 1 saturated heterocycles. The number of fused-ring (bicyclic) bond motifs is 3. The number of rotatable bonds is 5. The quantitative estimate of drug-likeness (QED) is 0.667. The van der Waals surface area contributed by atoms with Gasteiger partial charge in [0, 0.05) is 17.3 Å². The summed E-state index contributed by atoms with van der Waals surface area (Å²) >= 11 is 0. The maximum atomic E-state index is 6.08. The monoisotopic (exact) mass is 280 g/mol. The second-order valence-electron chi connectivity index (χ2n) is 5.71. The third-order valence-electron chi connectivity index (χ3n) is 4.32. The second-order valence-corrected chi connectivity index (χ2v) is 5.71. The highest BCUT2D eigenvalue weighted by Gasteiger charge is 2.13. The zero-order valence-corrected chi connectivity index (χ0v) is 12.2. The third-order valence-corrected chi connectivity index (χ3v) is 4.32. The molecule has 108 valence electrons. The third kappa shape index (κ3) is 2.28. The largest absolute Gasteiger partial charge is 0.413 e. The van der Waals surface area contributed by atoms with E-state index in [1.165, 1.54) is 30.3 Å². The molecule has 0 N–H and O–H groups in total. The van der Waals surface area contributed by atoms with Crippen LogP contribution >= 0.6 is 0 Å². The van der Waals surface area contributed by atoms with Crippen molar-refractivity contribution in [3.05, 3.63) is 48.5 Å². The van der Waals surface area contributed by atoms with Crippen molar-refractivity contribution in [1.82, 2.24) is 9.63 Å². The minimum Gasteiger partial charge on any atom is -0.413 e. The summed E-state index contributed by atoms with van der Waals surface area (Å²) in [6.45, 7) is 4.43. The fraction of sp³-hybridized carbons (Fsp3) is 0.333. The molecule has 4 rings (SSSR count). The fourth-order valence-corrected chi connectivity index (χ4v) is 3.08. The van der Waals surface area contributed by atoms with Crippen molar-refractivity contribution in [2.24, 2.45) is 0 Å². The van der Waals surface area contributed by atoms with Crippen molar-refractivity contribution in [3.63, 3.8) is 0 Å². The zero-order valence-electron chi connectivity index (χ0n) is 12.2. The van der Waals surface area contributed by atoms with Crippen LogP contribution < -0.4 is 4.84 Å². The Labute approximate surface area is 124 Å². The number of hydrogen-bond acceptors (Lipinski definition) is 2. The summed E-state index contributed by atoms with van der Waals surface area (Å²) in [6.07, 6.45) is 2.44. The average molecular weight is 280 g/mol. The molecule has 2 heterocycles. The fourth-order valence-electron chi connectivity index (χ4n) is 3.08. The number of likely N-dealkylation sites (tertiary alicyclic amines) is 1. The van der Waals surface area contributed by atoms with Crippen molar-refractivity contribution in [3.8, 4) is 0 Å². The van der Waals surface area contributed by atoms with Crippen molar-refractivity contribution >= 4 is 21.8 Å². The van der Waals surface area contributed by atoms with Gasteiger partial charge in [-0.15, -0.1) is 0 Å². The molecule has 0 radical (unpaired) electrons. The molecule has 0 atom stereocenters. The van der Waals surface area contributed by atoms with Crippen LogP contribution in [0.5, 0.6) is 0 Å². The minimum atomic E-state index is 0.763. The average Bonchev–Trinajstić information content (AvgIpc) is 2.80. The van der Waals surface area contributed by atoms with Crippen LogP contribution in [-0.2, 0) is 0 Å². The molecule has 1 aliphatic heterocycles. The summed E-state index contributed by atoms with van der Waals surface area (Å²) in [5.74, 6) is 0. The van der Waals surface area contributed by atoms with E-state index in [1.54, 1.807) is 0 Å². The van der Waals surface area contributed by atoms with Crippen LogP contribution in [0.25, 0.3) is 21.8 Å². The van der Waals surface area contributed by atoms with Gasteiger partial charge in [-0.25, -0.2) is 0 Å². The van der Waals surface area contributed by atoms with Gasteiger partial charge in [0.15, 0.2) is 0 Å². The Bertz CT molecular complexity index is 705. The highest BCUT2D eigenvalue weighted by atomic mass is 16.7. The molecule has 0 saturated carbocycles. The van der Waals surface area contributed by atoms with Crippen LogP contribution in [0.3, 0.4) is 0 Å². The standard InChI is InChI=1S/C18H20N2O/c1-3-9-17-15(7-1)16-8-2-4-10-18(16)20(17)21-14-6-13-19-11-5-12-19/h1-4,7-10H,5-6,11-14H2. The SMILES string of the molecule is c1ccc2c(c1)c1ccccc1n2OCCCN1CCC1. The maximum absolute atomic E-state index is 6.08. The maximum Gasteiger partial charge on any atom is 0.116 e. The summed E-state index contributed by atoms with van der Waals surface area (Å²) in [6, 6.07) is 16.9. The number of hydrogen-bond donors (Lipinski definition) is 0. The van der Waals surface area contributed by atoms with Crippen molar-refractivity contribution in [2.45, 2.75) is 12.8 Å². The normalized spacial score (nSPS) is 15.4. The van der Waals surface area contributed by atoms with E-state index in [9.17, 15) is 0 Å². The van der Waals surface area contributed by atoms with Gasteiger partial charge in [0.25, 0.3) is 0 Å². The van der Waals surface area contributed by atoms with Crippen LogP contribution in [0.2, 0.25) is 0 Å². The summed E-state index contributed by atoms with van der Waals surface area (Å²) in [5, 5.41) is 2.52. The highest BCUT2D eigenvalue weighted by Crippen LogP contribution is 2.27. The van der Waals surface area contributed by atoms with E-state index in [0.717, 1.165) is 30.6 Å². The molecule has 2 aromatic carbocycles. The molecule has 0 amide bonds. The summed E-state index contributed by atoms with van der Waals surface area (Å²) < 4.78 is 2.00. The van der Waals surface area contributed by atoms with Crippen molar-refractivity contribution in [1.29, 1.82) is 0 Å². The number of para-hydroxylation sites is 2. The molecule has 1 fully saturated rings. The zero-order chi connectivity index (χ0) is 14.1. The van der Waals surface area contributed by atoms with Crippen LogP contribution in [0.4, 0.5) is 0 Å². The van der Waals surface area contributed by atoms with E-state index in [-0.39, 0.29) is 0 Å². The lowest BCUT2D eigenvalue weighted by atomic mass is 10.2. The lowest BCUT2D eigenvalue weighted by Crippen LogP contribution is -2.38. The Morgan fingerprint density at radius 2 is 1.48 bits per heavy atom. The summed E-state index contributed by atoms with van der Waals surface area (Å²) in [4.78, 5) is 8.56. The smallest absolute Gasteiger partial charge is 0.116 e. The van der Waals surface area contributed by atoms with Gasteiger partial charge < -0.3 is 9.74 Å². The Hall–Kier alpha value is -2.00. The van der Waals surface area contributed by atoms with Gasteiger partial charge in [-0.3, -0.25) is 0 Å². The number of aromatic nitrogens is 1. The first-order valence-corrected chi connectivity index (χ1v) is 7.77. The van der Waals surface area contributed by atoms with Gasteiger partial charge in [-0.2, -0.15) is 4.73 Å². The van der Waals surface area contributed by atoms with Crippen LogP contribution in [0.15, 0.2) is 48.5 Å². The predicted molar refractivity (Wildman–Crippen MR) is 86.6 cm³/mol.